The van der Waals surface area contributed by atoms with E-state index in [1.54, 1.807) is 35.3 Å². The lowest BCUT2D eigenvalue weighted by atomic mass is 9.95. The van der Waals surface area contributed by atoms with Crippen molar-refractivity contribution >= 4 is 17.8 Å². The number of aliphatic hydroxyl groups is 1. The molecule has 0 saturated heterocycles. The van der Waals surface area contributed by atoms with Gasteiger partial charge in [0.25, 0.3) is 5.91 Å². The first-order chi connectivity index (χ1) is 17.9. The number of nitrogens with zero attached hydrogens (tertiary/aromatic N) is 2. The standard InChI is InChI=1S/C30H36N2O5/c1-5-20-37-25-17-15-23(21-26(25)36-8-4)28-27(24(33)16-14-22-12-10-9-11-13-22)29(34)30(35)32(28)19-18-31(6-2)7-3/h5,9-17,21,28,34H,1,6-8,18-20H2,2-4H3/b16-14+. The molecule has 3 rings (SSSR count). The fourth-order valence-electron chi connectivity index (χ4n) is 4.33. The molecule has 0 aromatic heterocycles. The average molecular weight is 505 g/mol. The summed E-state index contributed by atoms with van der Waals surface area (Å²) in [5.74, 6) is -0.462. The molecule has 1 N–H and O–H groups in total. The van der Waals surface area contributed by atoms with Crippen LogP contribution in [0.4, 0.5) is 0 Å². The number of aliphatic hydroxyl groups excluding tert-OH is 1. The highest BCUT2D eigenvalue weighted by atomic mass is 16.5. The Morgan fingerprint density at radius 1 is 1.08 bits per heavy atom. The van der Waals surface area contributed by atoms with Gasteiger partial charge in [0, 0.05) is 13.1 Å². The van der Waals surface area contributed by atoms with Crippen LogP contribution in [0.3, 0.4) is 0 Å². The lowest BCUT2D eigenvalue weighted by molar-refractivity contribution is -0.129. The molecule has 0 aliphatic carbocycles. The van der Waals surface area contributed by atoms with Crippen LogP contribution < -0.4 is 9.47 Å². The highest BCUT2D eigenvalue weighted by Gasteiger charge is 2.43. The number of hydrogen-bond donors (Lipinski definition) is 1. The van der Waals surface area contributed by atoms with Crippen LogP contribution in [-0.2, 0) is 9.59 Å². The molecule has 0 spiro atoms. The van der Waals surface area contributed by atoms with Crippen molar-refractivity contribution in [3.63, 3.8) is 0 Å². The Morgan fingerprint density at radius 3 is 2.46 bits per heavy atom. The predicted molar refractivity (Wildman–Crippen MR) is 146 cm³/mol. The van der Waals surface area contributed by atoms with Crippen LogP contribution in [0.2, 0.25) is 0 Å². The smallest absolute Gasteiger partial charge is 0.290 e. The van der Waals surface area contributed by atoms with Gasteiger partial charge in [0.2, 0.25) is 0 Å². The van der Waals surface area contributed by atoms with Gasteiger partial charge in [0.15, 0.2) is 23.0 Å². The maximum absolute atomic E-state index is 13.4. The van der Waals surface area contributed by atoms with Crippen LogP contribution in [0.25, 0.3) is 6.08 Å². The number of carbonyl (C=O) groups excluding carboxylic acids is 2. The van der Waals surface area contributed by atoms with Crippen molar-refractivity contribution in [3.8, 4) is 11.5 Å². The molecule has 0 bridgehead atoms. The van der Waals surface area contributed by atoms with E-state index in [9.17, 15) is 14.7 Å². The molecular weight excluding hydrogens is 468 g/mol. The van der Waals surface area contributed by atoms with Crippen molar-refractivity contribution in [1.29, 1.82) is 0 Å². The topological polar surface area (TPSA) is 79.3 Å². The zero-order valence-corrected chi connectivity index (χ0v) is 21.9. The van der Waals surface area contributed by atoms with Crippen molar-refractivity contribution in [2.45, 2.75) is 26.8 Å². The first-order valence-corrected chi connectivity index (χ1v) is 12.7. The van der Waals surface area contributed by atoms with Gasteiger partial charge < -0.3 is 24.4 Å². The number of allylic oxidation sites excluding steroid dienone is 1. The summed E-state index contributed by atoms with van der Waals surface area (Å²) in [6, 6.07) is 14.0. The van der Waals surface area contributed by atoms with E-state index in [-0.39, 0.29) is 5.57 Å². The lowest BCUT2D eigenvalue weighted by Gasteiger charge is -2.29. The average Bonchev–Trinajstić information content (AvgIpc) is 3.17. The van der Waals surface area contributed by atoms with Gasteiger partial charge in [-0.1, -0.05) is 69.0 Å². The molecule has 1 unspecified atom stereocenters. The number of ketones is 1. The van der Waals surface area contributed by atoms with Crippen LogP contribution >= 0.6 is 0 Å². The molecule has 1 amide bonds. The first-order valence-electron chi connectivity index (χ1n) is 12.7. The molecule has 7 heteroatoms. The highest BCUT2D eigenvalue weighted by Crippen LogP contribution is 2.41. The molecule has 0 fully saturated rings. The molecular formula is C30H36N2O5. The van der Waals surface area contributed by atoms with E-state index in [0.29, 0.717) is 43.4 Å². The second kappa shape index (κ2) is 13.5. The second-order valence-electron chi connectivity index (χ2n) is 8.54. The summed E-state index contributed by atoms with van der Waals surface area (Å²) in [7, 11) is 0. The van der Waals surface area contributed by atoms with Crippen LogP contribution in [0.5, 0.6) is 11.5 Å². The van der Waals surface area contributed by atoms with Gasteiger partial charge in [-0.05, 0) is 49.3 Å². The third kappa shape index (κ3) is 6.68. The molecule has 1 aliphatic heterocycles. The third-order valence-electron chi connectivity index (χ3n) is 6.29. The number of rotatable bonds is 14. The van der Waals surface area contributed by atoms with E-state index in [0.717, 1.165) is 18.7 Å². The SMILES string of the molecule is C=CCOc1ccc(C2C(C(=O)/C=C/c3ccccc3)=C(O)C(=O)N2CCN(CC)CC)cc1OCC. The zero-order chi connectivity index (χ0) is 26.8. The molecule has 37 heavy (non-hydrogen) atoms. The molecule has 1 atom stereocenters. The fraction of sp³-hybridized carbons (Fsp3) is 0.333. The van der Waals surface area contributed by atoms with Gasteiger partial charge in [0.1, 0.15) is 6.61 Å². The maximum atomic E-state index is 13.4. The van der Waals surface area contributed by atoms with Gasteiger partial charge in [-0.3, -0.25) is 9.59 Å². The van der Waals surface area contributed by atoms with Gasteiger partial charge in [-0.25, -0.2) is 0 Å². The molecule has 0 radical (unpaired) electrons. The number of hydrogen-bond acceptors (Lipinski definition) is 6. The Kier molecular flexibility index (Phi) is 10.1. The zero-order valence-electron chi connectivity index (χ0n) is 21.9. The van der Waals surface area contributed by atoms with Crippen LogP contribution in [0.1, 0.15) is 37.9 Å². The summed E-state index contributed by atoms with van der Waals surface area (Å²) in [6.07, 6.45) is 4.73. The summed E-state index contributed by atoms with van der Waals surface area (Å²) in [5.41, 5.74) is 1.55. The highest BCUT2D eigenvalue weighted by molar-refractivity contribution is 6.14. The molecule has 1 heterocycles. The Hall–Kier alpha value is -3.84. The molecule has 0 saturated carbocycles. The summed E-state index contributed by atoms with van der Waals surface area (Å²) >= 11 is 0. The first kappa shape index (κ1) is 27.7. The Balaban J connectivity index is 2.03. The molecule has 196 valence electrons. The molecule has 2 aromatic carbocycles. The van der Waals surface area contributed by atoms with Crippen molar-refractivity contribution in [2.75, 3.05) is 39.4 Å². The van der Waals surface area contributed by atoms with Crippen molar-refractivity contribution in [1.82, 2.24) is 9.80 Å². The van der Waals surface area contributed by atoms with E-state index < -0.39 is 23.5 Å². The Morgan fingerprint density at radius 2 is 1.81 bits per heavy atom. The number of benzene rings is 2. The van der Waals surface area contributed by atoms with Crippen molar-refractivity contribution in [2.24, 2.45) is 0 Å². The minimum absolute atomic E-state index is 0.0546. The van der Waals surface area contributed by atoms with Crippen LogP contribution in [-0.4, -0.2) is 66.0 Å². The summed E-state index contributed by atoms with van der Waals surface area (Å²) in [6.45, 7) is 13.0. The predicted octanol–water partition coefficient (Wildman–Crippen LogP) is 4.97. The van der Waals surface area contributed by atoms with E-state index in [4.69, 9.17) is 9.47 Å². The number of amides is 1. The number of likely N-dealkylation sites (N-methyl/N-ethyl adjacent to an activating group) is 1. The summed E-state index contributed by atoms with van der Waals surface area (Å²) in [4.78, 5) is 30.4. The Labute approximate surface area is 219 Å². The quantitative estimate of drug-likeness (QED) is 0.289. The largest absolute Gasteiger partial charge is 0.503 e. The Bertz CT molecular complexity index is 1150. The summed E-state index contributed by atoms with van der Waals surface area (Å²) in [5, 5.41) is 10.9. The van der Waals surface area contributed by atoms with E-state index in [1.807, 2.05) is 37.3 Å². The summed E-state index contributed by atoms with van der Waals surface area (Å²) < 4.78 is 11.5. The molecule has 2 aromatic rings. The van der Waals surface area contributed by atoms with E-state index in [2.05, 4.69) is 25.3 Å². The minimum atomic E-state index is -0.761. The van der Waals surface area contributed by atoms with E-state index in [1.165, 1.54) is 6.08 Å². The van der Waals surface area contributed by atoms with Gasteiger partial charge >= 0.3 is 0 Å². The van der Waals surface area contributed by atoms with E-state index >= 15 is 0 Å². The fourth-order valence-corrected chi connectivity index (χ4v) is 4.33. The molecule has 7 nitrogen and oxygen atoms in total. The number of ether oxygens (including phenoxy) is 2. The third-order valence-corrected chi connectivity index (χ3v) is 6.29. The monoisotopic (exact) mass is 504 g/mol. The van der Waals surface area contributed by atoms with Crippen LogP contribution in [0.15, 0.2) is 78.6 Å². The van der Waals surface area contributed by atoms with Crippen molar-refractivity contribution < 1.29 is 24.2 Å². The lowest BCUT2D eigenvalue weighted by Crippen LogP contribution is -2.38. The van der Waals surface area contributed by atoms with Crippen molar-refractivity contribution in [3.05, 3.63) is 89.7 Å². The maximum Gasteiger partial charge on any atom is 0.290 e. The molecule has 1 aliphatic rings. The minimum Gasteiger partial charge on any atom is -0.503 e. The van der Waals surface area contributed by atoms with Gasteiger partial charge in [-0.15, -0.1) is 0 Å². The second-order valence-corrected chi connectivity index (χ2v) is 8.54. The number of carbonyl (C=O) groups is 2. The van der Waals surface area contributed by atoms with Crippen LogP contribution in [0, 0.1) is 0 Å². The van der Waals surface area contributed by atoms with Gasteiger partial charge in [0.05, 0.1) is 18.2 Å². The van der Waals surface area contributed by atoms with Gasteiger partial charge in [-0.2, -0.15) is 0 Å². The normalized spacial score (nSPS) is 15.6.